The molecule has 5 heteroatoms. The van der Waals surface area contributed by atoms with Crippen molar-refractivity contribution in [1.29, 1.82) is 0 Å². The van der Waals surface area contributed by atoms with Crippen LogP contribution in [0.4, 0.5) is 0 Å². The molecule has 21 heavy (non-hydrogen) atoms. The molecule has 0 bridgehead atoms. The van der Waals surface area contributed by atoms with Gasteiger partial charge in [0.2, 0.25) is 5.91 Å². The van der Waals surface area contributed by atoms with Crippen molar-refractivity contribution in [2.45, 2.75) is 51.7 Å². The van der Waals surface area contributed by atoms with Crippen LogP contribution in [0.1, 0.15) is 39.5 Å². The zero-order valence-corrected chi connectivity index (χ0v) is 13.6. The molecule has 2 rings (SSSR count). The van der Waals surface area contributed by atoms with E-state index in [0.717, 1.165) is 26.0 Å². The van der Waals surface area contributed by atoms with Crippen molar-refractivity contribution >= 4 is 5.91 Å². The number of hydrogen-bond acceptors (Lipinski definition) is 4. The van der Waals surface area contributed by atoms with E-state index in [1.165, 1.54) is 39.1 Å². The van der Waals surface area contributed by atoms with E-state index in [0.29, 0.717) is 18.6 Å². The molecule has 1 saturated carbocycles. The number of carbonyl (C=O) groups is 1. The highest BCUT2D eigenvalue weighted by Gasteiger charge is 2.30. The molecule has 0 radical (unpaired) electrons. The lowest BCUT2D eigenvalue weighted by Crippen LogP contribution is -2.49. The Morgan fingerprint density at radius 2 is 1.71 bits per heavy atom. The second-order valence-corrected chi connectivity index (χ2v) is 6.27. The smallest absolute Gasteiger partial charge is 0.219 e. The van der Waals surface area contributed by atoms with Crippen LogP contribution in [0.3, 0.4) is 0 Å². The normalized spacial score (nSPS) is 27.3. The molecule has 2 aliphatic rings. The van der Waals surface area contributed by atoms with Crippen LogP contribution in [0.15, 0.2) is 0 Å². The van der Waals surface area contributed by atoms with Gasteiger partial charge >= 0.3 is 0 Å². The number of nitrogens with one attached hydrogen (secondary N) is 1. The van der Waals surface area contributed by atoms with Gasteiger partial charge in [0, 0.05) is 45.2 Å². The second-order valence-electron chi connectivity index (χ2n) is 6.27. The van der Waals surface area contributed by atoms with Gasteiger partial charge in [0.25, 0.3) is 0 Å². The average Bonchev–Trinajstić information content (AvgIpc) is 2.46. The first-order valence-electron chi connectivity index (χ1n) is 8.57. The third kappa shape index (κ3) is 5.57. The molecular formula is C16H31N3O2. The number of nitrogens with zero attached hydrogens (tertiary/aromatic N) is 2. The van der Waals surface area contributed by atoms with Gasteiger partial charge in [-0.15, -0.1) is 0 Å². The molecule has 1 N–H and O–H groups in total. The van der Waals surface area contributed by atoms with Crippen LogP contribution in [-0.2, 0) is 9.53 Å². The SMILES string of the molecule is CCCN1CCN(CCO[C@H]2C[C@H](NC(=O)CC)C2)CC1. The van der Waals surface area contributed by atoms with Crippen molar-refractivity contribution < 1.29 is 9.53 Å². The number of amides is 1. The number of rotatable bonds is 8. The lowest BCUT2D eigenvalue weighted by Gasteiger charge is -2.37. The van der Waals surface area contributed by atoms with Crippen molar-refractivity contribution in [1.82, 2.24) is 15.1 Å². The summed E-state index contributed by atoms with van der Waals surface area (Å²) in [6.45, 7) is 12.0. The van der Waals surface area contributed by atoms with Gasteiger partial charge in [-0.1, -0.05) is 13.8 Å². The third-order valence-corrected chi connectivity index (χ3v) is 4.55. The zero-order chi connectivity index (χ0) is 15.1. The molecule has 0 atom stereocenters. The highest BCUT2D eigenvalue weighted by atomic mass is 16.5. The van der Waals surface area contributed by atoms with E-state index in [1.54, 1.807) is 0 Å². The fourth-order valence-corrected chi connectivity index (χ4v) is 3.05. The number of carbonyl (C=O) groups excluding carboxylic acids is 1. The van der Waals surface area contributed by atoms with Gasteiger partial charge in [0.15, 0.2) is 0 Å². The first kappa shape index (κ1) is 16.7. The predicted molar refractivity (Wildman–Crippen MR) is 84.4 cm³/mol. The van der Waals surface area contributed by atoms with Gasteiger partial charge in [-0.05, 0) is 25.8 Å². The van der Waals surface area contributed by atoms with E-state index in [9.17, 15) is 4.79 Å². The summed E-state index contributed by atoms with van der Waals surface area (Å²) in [6.07, 6.45) is 4.15. The summed E-state index contributed by atoms with van der Waals surface area (Å²) in [4.78, 5) is 16.3. The minimum Gasteiger partial charge on any atom is -0.377 e. The van der Waals surface area contributed by atoms with Crippen LogP contribution >= 0.6 is 0 Å². The first-order valence-corrected chi connectivity index (χ1v) is 8.57. The minimum absolute atomic E-state index is 0.156. The molecule has 1 saturated heterocycles. The molecule has 0 aromatic carbocycles. The summed E-state index contributed by atoms with van der Waals surface area (Å²) >= 11 is 0. The Morgan fingerprint density at radius 3 is 2.29 bits per heavy atom. The van der Waals surface area contributed by atoms with Crippen molar-refractivity contribution in [3.05, 3.63) is 0 Å². The quantitative estimate of drug-likeness (QED) is 0.728. The molecule has 5 nitrogen and oxygen atoms in total. The highest BCUT2D eigenvalue weighted by molar-refractivity contribution is 5.75. The van der Waals surface area contributed by atoms with Crippen LogP contribution in [0.2, 0.25) is 0 Å². The summed E-state index contributed by atoms with van der Waals surface area (Å²) in [6, 6.07) is 0.347. The molecule has 0 spiro atoms. The summed E-state index contributed by atoms with van der Waals surface area (Å²) in [5.74, 6) is 0.156. The molecule has 1 heterocycles. The first-order chi connectivity index (χ1) is 10.2. The summed E-state index contributed by atoms with van der Waals surface area (Å²) in [5.41, 5.74) is 0. The maximum absolute atomic E-state index is 11.3. The molecule has 1 aliphatic carbocycles. The van der Waals surface area contributed by atoms with E-state index < -0.39 is 0 Å². The van der Waals surface area contributed by atoms with Crippen molar-refractivity contribution in [2.75, 3.05) is 45.9 Å². The van der Waals surface area contributed by atoms with Crippen molar-refractivity contribution in [3.63, 3.8) is 0 Å². The van der Waals surface area contributed by atoms with Gasteiger partial charge in [-0.2, -0.15) is 0 Å². The summed E-state index contributed by atoms with van der Waals surface area (Å²) < 4.78 is 5.89. The van der Waals surface area contributed by atoms with Crippen molar-refractivity contribution in [2.24, 2.45) is 0 Å². The van der Waals surface area contributed by atoms with Gasteiger partial charge < -0.3 is 15.0 Å². The van der Waals surface area contributed by atoms with Gasteiger partial charge in [-0.3, -0.25) is 9.69 Å². The van der Waals surface area contributed by atoms with E-state index in [-0.39, 0.29) is 5.91 Å². The van der Waals surface area contributed by atoms with Crippen molar-refractivity contribution in [3.8, 4) is 0 Å². The Kier molecular flexibility index (Phi) is 6.93. The predicted octanol–water partition coefficient (Wildman–Crippen LogP) is 1.09. The van der Waals surface area contributed by atoms with E-state index in [4.69, 9.17) is 4.74 Å². The third-order valence-electron chi connectivity index (χ3n) is 4.55. The Labute approximate surface area is 129 Å². The molecule has 122 valence electrons. The minimum atomic E-state index is 0.156. The molecule has 0 aromatic heterocycles. The Balaban J connectivity index is 1.47. The Bertz CT molecular complexity index is 311. The number of ether oxygens (including phenoxy) is 1. The van der Waals surface area contributed by atoms with E-state index in [1.807, 2.05) is 6.92 Å². The largest absolute Gasteiger partial charge is 0.377 e. The van der Waals surface area contributed by atoms with Crippen LogP contribution < -0.4 is 5.32 Å². The maximum Gasteiger partial charge on any atom is 0.219 e. The average molecular weight is 297 g/mol. The molecule has 0 unspecified atom stereocenters. The number of piperazine rings is 1. The lowest BCUT2D eigenvalue weighted by molar-refractivity contribution is -0.123. The molecule has 2 fully saturated rings. The van der Waals surface area contributed by atoms with E-state index in [2.05, 4.69) is 22.0 Å². The van der Waals surface area contributed by atoms with Crippen LogP contribution in [0, 0.1) is 0 Å². The van der Waals surface area contributed by atoms with E-state index >= 15 is 0 Å². The molecule has 1 aliphatic heterocycles. The van der Waals surface area contributed by atoms with Crippen LogP contribution in [0.5, 0.6) is 0 Å². The van der Waals surface area contributed by atoms with Gasteiger partial charge in [0.05, 0.1) is 12.7 Å². The van der Waals surface area contributed by atoms with Gasteiger partial charge in [0.1, 0.15) is 0 Å². The number of hydrogen-bond donors (Lipinski definition) is 1. The maximum atomic E-state index is 11.3. The van der Waals surface area contributed by atoms with Gasteiger partial charge in [-0.25, -0.2) is 0 Å². The monoisotopic (exact) mass is 297 g/mol. The molecule has 0 aromatic rings. The fraction of sp³-hybridized carbons (Fsp3) is 0.938. The summed E-state index contributed by atoms with van der Waals surface area (Å²) in [7, 11) is 0. The Morgan fingerprint density at radius 1 is 1.10 bits per heavy atom. The van der Waals surface area contributed by atoms with Crippen LogP contribution in [0.25, 0.3) is 0 Å². The summed E-state index contributed by atoms with van der Waals surface area (Å²) in [5, 5.41) is 3.02. The highest BCUT2D eigenvalue weighted by Crippen LogP contribution is 2.23. The molecule has 1 amide bonds. The molecular weight excluding hydrogens is 266 g/mol. The Hall–Kier alpha value is -0.650. The second kappa shape index (κ2) is 8.71. The van der Waals surface area contributed by atoms with Crippen LogP contribution in [-0.4, -0.2) is 73.7 Å². The lowest BCUT2D eigenvalue weighted by atomic mass is 9.89. The zero-order valence-electron chi connectivity index (χ0n) is 13.6. The standard InChI is InChI=1S/C16H31N3O2/c1-3-5-18-6-8-19(9-7-18)10-11-21-15-12-14(13-15)17-16(20)4-2/h14-15H,3-13H2,1-2H3,(H,17,20)/t14-,15-. The fourth-order valence-electron chi connectivity index (χ4n) is 3.05. The topological polar surface area (TPSA) is 44.8 Å².